The van der Waals surface area contributed by atoms with Crippen LogP contribution in [0.1, 0.15) is 11.1 Å². The molecule has 2 aliphatic rings. The number of allylic oxidation sites excluding steroid dienone is 1. The summed E-state index contributed by atoms with van der Waals surface area (Å²) in [7, 11) is 0. The molecule has 5 aromatic rings. The van der Waals surface area contributed by atoms with Crippen molar-refractivity contribution >= 4 is 36.2 Å². The summed E-state index contributed by atoms with van der Waals surface area (Å²) < 4.78 is 36.6. The molecule has 0 unspecified atom stereocenters. The van der Waals surface area contributed by atoms with E-state index >= 15 is 8.63 Å². The lowest BCUT2D eigenvalue weighted by atomic mass is 9.90. The summed E-state index contributed by atoms with van der Waals surface area (Å²) in [5.74, 6) is 0.230. The third-order valence-electron chi connectivity index (χ3n) is 7.44. The van der Waals surface area contributed by atoms with Crippen LogP contribution in [0.5, 0.6) is 0 Å². The van der Waals surface area contributed by atoms with Crippen molar-refractivity contribution in [2.45, 2.75) is 0 Å². The fourth-order valence-electron chi connectivity index (χ4n) is 5.72. The lowest BCUT2D eigenvalue weighted by Crippen LogP contribution is -2.53. The number of fused-ring (bicyclic) bond motifs is 2. The Kier molecular flexibility index (Phi) is 5.52. The standard InChI is InChI=1S/C33H22BF2N3O/c35-34(36)38-29(24-15-7-2-8-16-24)21-27(23-13-5-1-6-14-23)32(38)37-33-30(25-17-9-3-10-18-25)28(22-40)31(39(33)34)26-19-11-4-12-20-26/h1-22H. The average molecular weight is 525 g/mol. The van der Waals surface area contributed by atoms with Gasteiger partial charge >= 0.3 is 6.97 Å². The number of amidine groups is 1. The first-order valence-electron chi connectivity index (χ1n) is 13.0. The van der Waals surface area contributed by atoms with Crippen molar-refractivity contribution in [2.75, 3.05) is 0 Å². The molecule has 40 heavy (non-hydrogen) atoms. The molecule has 7 rings (SSSR count). The Morgan fingerprint density at radius 3 is 1.73 bits per heavy atom. The molecule has 0 fully saturated rings. The van der Waals surface area contributed by atoms with Gasteiger partial charge in [-0.2, -0.15) is 0 Å². The Bertz CT molecular complexity index is 1860. The third-order valence-corrected chi connectivity index (χ3v) is 7.44. The van der Waals surface area contributed by atoms with Gasteiger partial charge in [0.15, 0.2) is 6.29 Å². The second kappa shape index (κ2) is 9.24. The zero-order valence-corrected chi connectivity index (χ0v) is 21.3. The van der Waals surface area contributed by atoms with E-state index in [1.807, 2.05) is 97.1 Å². The Balaban J connectivity index is 1.61. The fourth-order valence-corrected chi connectivity index (χ4v) is 5.72. The highest BCUT2D eigenvalue weighted by Gasteiger charge is 2.55. The monoisotopic (exact) mass is 525 g/mol. The molecule has 0 saturated heterocycles. The van der Waals surface area contributed by atoms with Crippen molar-refractivity contribution in [2.24, 2.45) is 4.99 Å². The summed E-state index contributed by atoms with van der Waals surface area (Å²) in [6, 6.07) is 38.4. The van der Waals surface area contributed by atoms with E-state index in [0.29, 0.717) is 39.8 Å². The minimum atomic E-state index is -4.49. The molecular formula is C33H22BF2N3O. The number of carbonyl (C=O) groups is 1. The SMILES string of the molecule is O=CC1=C(c2ccccc2)C2=Nc3c(-c4ccccc4)cc(-c4ccccc4)n3[B-](F)(F)[N+]2=C1c1ccccc1. The highest BCUT2D eigenvalue weighted by atomic mass is 19.2. The van der Waals surface area contributed by atoms with Gasteiger partial charge in [0.2, 0.25) is 5.82 Å². The number of carbonyl (C=O) groups excluding carboxylic acids is 1. The van der Waals surface area contributed by atoms with Crippen LogP contribution in [0.4, 0.5) is 14.4 Å². The molecule has 0 atom stereocenters. The van der Waals surface area contributed by atoms with E-state index in [1.54, 1.807) is 30.3 Å². The van der Waals surface area contributed by atoms with Gasteiger partial charge in [0.25, 0.3) is 5.84 Å². The number of rotatable bonds is 5. The molecule has 4 nitrogen and oxygen atoms in total. The van der Waals surface area contributed by atoms with Crippen LogP contribution in [0.15, 0.2) is 138 Å². The summed E-state index contributed by atoms with van der Waals surface area (Å²) in [5.41, 5.74) is 4.28. The molecule has 1 aromatic heterocycles. The molecule has 0 radical (unpaired) electrons. The maximum absolute atomic E-state index is 17.3. The van der Waals surface area contributed by atoms with Crippen LogP contribution in [-0.4, -0.2) is 33.8 Å². The van der Waals surface area contributed by atoms with Crippen LogP contribution < -0.4 is 0 Å². The summed E-state index contributed by atoms with van der Waals surface area (Å²) >= 11 is 0. The first-order valence-corrected chi connectivity index (χ1v) is 13.0. The van der Waals surface area contributed by atoms with Gasteiger partial charge in [-0.1, -0.05) is 121 Å². The van der Waals surface area contributed by atoms with Gasteiger partial charge < -0.3 is 17.6 Å². The first-order chi connectivity index (χ1) is 19.6. The van der Waals surface area contributed by atoms with Crippen LogP contribution in [0.2, 0.25) is 0 Å². The number of nitrogens with zero attached hydrogens (tertiary/aromatic N) is 3. The number of hydrogen-bond donors (Lipinski definition) is 0. The highest BCUT2D eigenvalue weighted by molar-refractivity contribution is 6.64. The van der Waals surface area contributed by atoms with Gasteiger partial charge in [0.05, 0.1) is 11.1 Å². The molecule has 2 aliphatic heterocycles. The molecule has 0 amide bonds. The number of aldehydes is 1. The van der Waals surface area contributed by atoms with Gasteiger partial charge in [-0.05, 0) is 27.7 Å². The zero-order chi connectivity index (χ0) is 27.3. The van der Waals surface area contributed by atoms with E-state index in [4.69, 9.17) is 4.99 Å². The van der Waals surface area contributed by atoms with E-state index in [-0.39, 0.29) is 22.9 Å². The van der Waals surface area contributed by atoms with Gasteiger partial charge in [0.1, 0.15) is 5.71 Å². The molecule has 3 heterocycles. The Morgan fingerprint density at radius 2 is 1.18 bits per heavy atom. The van der Waals surface area contributed by atoms with Gasteiger partial charge in [-0.25, -0.2) is 0 Å². The van der Waals surface area contributed by atoms with E-state index in [2.05, 4.69) is 0 Å². The van der Waals surface area contributed by atoms with E-state index in [9.17, 15) is 4.79 Å². The summed E-state index contributed by atoms with van der Waals surface area (Å²) in [4.78, 5) is 17.7. The molecule has 0 saturated carbocycles. The van der Waals surface area contributed by atoms with Crippen molar-refractivity contribution in [3.63, 3.8) is 0 Å². The molecule has 192 valence electrons. The van der Waals surface area contributed by atoms with Crippen LogP contribution in [0.25, 0.3) is 28.0 Å². The first kappa shape index (κ1) is 23.9. The van der Waals surface area contributed by atoms with Crippen molar-refractivity contribution in [3.8, 4) is 22.4 Å². The maximum atomic E-state index is 17.3. The molecule has 0 bridgehead atoms. The lowest BCUT2D eigenvalue weighted by Gasteiger charge is -2.32. The smallest absolute Gasteiger partial charge is 0.414 e. The zero-order valence-electron chi connectivity index (χ0n) is 21.3. The Hall–Kier alpha value is -5.17. The Labute approximate surface area is 229 Å². The molecule has 0 aliphatic carbocycles. The number of halogens is 2. The van der Waals surface area contributed by atoms with Crippen LogP contribution in [0, 0.1) is 0 Å². The molecule has 0 N–H and O–H groups in total. The van der Waals surface area contributed by atoms with Crippen LogP contribution >= 0.6 is 0 Å². The van der Waals surface area contributed by atoms with Crippen molar-refractivity contribution in [1.29, 1.82) is 0 Å². The molecule has 0 spiro atoms. The Morgan fingerprint density at radius 1 is 0.675 bits per heavy atom. The van der Waals surface area contributed by atoms with E-state index in [1.165, 1.54) is 0 Å². The van der Waals surface area contributed by atoms with Gasteiger partial charge in [0, 0.05) is 16.8 Å². The number of aromatic nitrogens is 1. The number of hydrogen-bond acceptors (Lipinski definition) is 2. The fraction of sp³-hybridized carbons (Fsp3) is 0. The van der Waals surface area contributed by atoms with E-state index in [0.717, 1.165) is 14.5 Å². The lowest BCUT2D eigenvalue weighted by molar-refractivity contribution is -0.291. The predicted octanol–water partition coefficient (Wildman–Crippen LogP) is 7.26. The predicted molar refractivity (Wildman–Crippen MR) is 156 cm³/mol. The van der Waals surface area contributed by atoms with Crippen LogP contribution in [0.3, 0.4) is 0 Å². The van der Waals surface area contributed by atoms with Crippen molar-refractivity contribution in [3.05, 3.63) is 144 Å². The minimum Gasteiger partial charge on any atom is -0.414 e. The number of aliphatic imine (C=N–C) groups is 1. The van der Waals surface area contributed by atoms with Crippen LogP contribution in [-0.2, 0) is 4.79 Å². The second-order valence-corrected chi connectivity index (χ2v) is 9.75. The van der Waals surface area contributed by atoms with E-state index < -0.39 is 6.97 Å². The maximum Gasteiger partial charge on any atom is 0.642 e. The second-order valence-electron chi connectivity index (χ2n) is 9.75. The quantitative estimate of drug-likeness (QED) is 0.176. The molecular weight excluding hydrogens is 503 g/mol. The average Bonchev–Trinajstić information content (AvgIpc) is 3.57. The summed E-state index contributed by atoms with van der Waals surface area (Å²) in [5, 5.41) is 0. The third kappa shape index (κ3) is 3.55. The topological polar surface area (TPSA) is 37.4 Å². The highest BCUT2D eigenvalue weighted by Crippen LogP contribution is 2.46. The molecule has 7 heteroatoms. The van der Waals surface area contributed by atoms with Crippen molar-refractivity contribution in [1.82, 2.24) is 4.48 Å². The normalized spacial score (nSPS) is 15.5. The number of benzene rings is 4. The summed E-state index contributed by atoms with van der Waals surface area (Å²) in [6.45, 7) is -4.49. The van der Waals surface area contributed by atoms with Crippen molar-refractivity contribution < 1.29 is 17.9 Å². The largest absolute Gasteiger partial charge is 0.642 e. The summed E-state index contributed by atoms with van der Waals surface area (Å²) in [6.07, 6.45) is 0.670. The van der Waals surface area contributed by atoms with Gasteiger partial charge in [-0.15, -0.1) is 0 Å². The molecule has 4 aromatic carbocycles. The minimum absolute atomic E-state index is 0.0690. The van der Waals surface area contributed by atoms with Gasteiger partial charge in [-0.3, -0.25) is 4.79 Å².